The largest absolute Gasteiger partial charge is 0.466 e. The van der Waals surface area contributed by atoms with Crippen molar-refractivity contribution in [2.45, 2.75) is 20.4 Å². The average molecular weight is 233 g/mol. The number of aryl methyl sites for hydroxylation is 2. The van der Waals surface area contributed by atoms with E-state index in [2.05, 4.69) is 10.3 Å². The molecule has 5 nitrogen and oxygen atoms in total. The Morgan fingerprint density at radius 3 is 2.94 bits per heavy atom. The number of nitrogens with one attached hydrogen (secondary N) is 1. The predicted octanol–water partition coefficient (Wildman–Crippen LogP) is 1.52. The number of rotatable bonds is 4. The van der Waals surface area contributed by atoms with Crippen LogP contribution in [-0.4, -0.2) is 22.0 Å². The summed E-state index contributed by atoms with van der Waals surface area (Å²) in [6.07, 6.45) is 5.30. The van der Waals surface area contributed by atoms with Gasteiger partial charge in [-0.05, 0) is 19.9 Å². The molecule has 0 saturated carbocycles. The molecular weight excluding hydrogens is 218 g/mol. The van der Waals surface area contributed by atoms with Crippen molar-refractivity contribution in [2.75, 3.05) is 6.54 Å². The van der Waals surface area contributed by atoms with Crippen LogP contribution in [0.3, 0.4) is 0 Å². The Labute approximate surface area is 99.5 Å². The Hall–Kier alpha value is -2.04. The summed E-state index contributed by atoms with van der Waals surface area (Å²) in [4.78, 5) is 15.7. The summed E-state index contributed by atoms with van der Waals surface area (Å²) in [7, 11) is 0. The quantitative estimate of drug-likeness (QED) is 0.871. The van der Waals surface area contributed by atoms with E-state index in [9.17, 15) is 4.79 Å². The third-order valence-corrected chi connectivity index (χ3v) is 2.50. The van der Waals surface area contributed by atoms with Crippen LogP contribution in [0.25, 0.3) is 0 Å². The van der Waals surface area contributed by atoms with Crippen molar-refractivity contribution in [3.05, 3.63) is 41.9 Å². The maximum atomic E-state index is 11.8. The van der Waals surface area contributed by atoms with Crippen LogP contribution >= 0.6 is 0 Å². The fourth-order valence-corrected chi connectivity index (χ4v) is 1.67. The SMILES string of the molecule is Cc1cc(C(=O)NCCn2ccnc2)c(C)o1. The fourth-order valence-electron chi connectivity index (χ4n) is 1.67. The smallest absolute Gasteiger partial charge is 0.254 e. The minimum Gasteiger partial charge on any atom is -0.466 e. The van der Waals surface area contributed by atoms with E-state index in [1.165, 1.54) is 0 Å². The first-order chi connectivity index (χ1) is 8.16. The van der Waals surface area contributed by atoms with Crippen molar-refractivity contribution in [1.82, 2.24) is 14.9 Å². The molecule has 17 heavy (non-hydrogen) atoms. The van der Waals surface area contributed by atoms with E-state index in [-0.39, 0.29) is 5.91 Å². The molecule has 2 aromatic heterocycles. The van der Waals surface area contributed by atoms with Gasteiger partial charge in [0, 0.05) is 25.5 Å². The van der Waals surface area contributed by atoms with E-state index in [4.69, 9.17) is 4.42 Å². The third-order valence-electron chi connectivity index (χ3n) is 2.50. The van der Waals surface area contributed by atoms with E-state index in [1.807, 2.05) is 17.7 Å². The highest BCUT2D eigenvalue weighted by Crippen LogP contribution is 2.12. The van der Waals surface area contributed by atoms with Gasteiger partial charge in [-0.15, -0.1) is 0 Å². The summed E-state index contributed by atoms with van der Waals surface area (Å²) in [5.74, 6) is 1.31. The number of nitrogens with zero attached hydrogens (tertiary/aromatic N) is 2. The highest BCUT2D eigenvalue weighted by atomic mass is 16.3. The van der Waals surface area contributed by atoms with Crippen molar-refractivity contribution < 1.29 is 9.21 Å². The minimum absolute atomic E-state index is 0.0977. The van der Waals surface area contributed by atoms with Gasteiger partial charge >= 0.3 is 0 Å². The molecule has 0 radical (unpaired) electrons. The maximum absolute atomic E-state index is 11.8. The zero-order valence-corrected chi connectivity index (χ0v) is 9.93. The highest BCUT2D eigenvalue weighted by Gasteiger charge is 2.12. The summed E-state index contributed by atoms with van der Waals surface area (Å²) in [6.45, 7) is 4.90. The second-order valence-electron chi connectivity index (χ2n) is 3.88. The summed E-state index contributed by atoms with van der Waals surface area (Å²) < 4.78 is 7.22. The van der Waals surface area contributed by atoms with Gasteiger partial charge in [0.2, 0.25) is 0 Å². The van der Waals surface area contributed by atoms with E-state index in [1.54, 1.807) is 25.5 Å². The lowest BCUT2D eigenvalue weighted by Crippen LogP contribution is -2.27. The Kier molecular flexibility index (Phi) is 3.27. The first-order valence-electron chi connectivity index (χ1n) is 5.48. The van der Waals surface area contributed by atoms with Crippen LogP contribution in [-0.2, 0) is 6.54 Å². The Morgan fingerprint density at radius 1 is 1.53 bits per heavy atom. The van der Waals surface area contributed by atoms with Crippen LogP contribution in [0.15, 0.2) is 29.2 Å². The molecule has 0 aliphatic carbocycles. The normalized spacial score (nSPS) is 10.5. The second kappa shape index (κ2) is 4.86. The van der Waals surface area contributed by atoms with Crippen molar-refractivity contribution in [3.8, 4) is 0 Å². The molecule has 0 aliphatic rings. The Balaban J connectivity index is 1.87. The average Bonchev–Trinajstić information content (AvgIpc) is 2.88. The van der Waals surface area contributed by atoms with Crippen molar-refractivity contribution in [3.63, 3.8) is 0 Å². The zero-order valence-electron chi connectivity index (χ0n) is 9.93. The molecule has 2 heterocycles. The van der Waals surface area contributed by atoms with E-state index < -0.39 is 0 Å². The zero-order chi connectivity index (χ0) is 12.3. The number of imidazole rings is 1. The number of carbonyl (C=O) groups excluding carboxylic acids is 1. The molecular formula is C12H15N3O2. The van der Waals surface area contributed by atoms with Crippen molar-refractivity contribution in [2.24, 2.45) is 0 Å². The van der Waals surface area contributed by atoms with Gasteiger partial charge in [0.25, 0.3) is 5.91 Å². The molecule has 0 unspecified atom stereocenters. The molecule has 0 aliphatic heterocycles. The monoisotopic (exact) mass is 233 g/mol. The molecule has 0 aromatic carbocycles. The van der Waals surface area contributed by atoms with Gasteiger partial charge in [-0.25, -0.2) is 4.98 Å². The lowest BCUT2D eigenvalue weighted by atomic mass is 10.2. The van der Waals surface area contributed by atoms with Crippen LogP contribution in [0.4, 0.5) is 0 Å². The van der Waals surface area contributed by atoms with Crippen LogP contribution < -0.4 is 5.32 Å². The Morgan fingerprint density at radius 2 is 2.35 bits per heavy atom. The first kappa shape index (κ1) is 11.4. The lowest BCUT2D eigenvalue weighted by molar-refractivity contribution is 0.0951. The maximum Gasteiger partial charge on any atom is 0.254 e. The molecule has 1 amide bonds. The van der Waals surface area contributed by atoms with Gasteiger partial charge in [0.1, 0.15) is 11.5 Å². The third kappa shape index (κ3) is 2.75. The molecule has 2 aromatic rings. The fraction of sp³-hybridized carbons (Fsp3) is 0.333. The lowest BCUT2D eigenvalue weighted by Gasteiger charge is -2.04. The van der Waals surface area contributed by atoms with Crippen LogP contribution in [0.1, 0.15) is 21.9 Å². The summed E-state index contributed by atoms with van der Waals surface area (Å²) in [5.41, 5.74) is 0.605. The molecule has 2 rings (SSSR count). The second-order valence-corrected chi connectivity index (χ2v) is 3.88. The number of carbonyl (C=O) groups is 1. The summed E-state index contributed by atoms with van der Waals surface area (Å²) in [5, 5.41) is 2.84. The standard InChI is InChI=1S/C12H15N3O2/c1-9-7-11(10(2)17-9)12(16)14-4-6-15-5-3-13-8-15/h3,5,7-8H,4,6H2,1-2H3,(H,14,16). The molecule has 0 fully saturated rings. The number of hydrogen-bond acceptors (Lipinski definition) is 3. The highest BCUT2D eigenvalue weighted by molar-refractivity contribution is 5.95. The molecule has 0 bridgehead atoms. The number of aromatic nitrogens is 2. The minimum atomic E-state index is -0.0977. The van der Waals surface area contributed by atoms with E-state index >= 15 is 0 Å². The number of hydrogen-bond donors (Lipinski definition) is 1. The van der Waals surface area contributed by atoms with Crippen LogP contribution in [0.5, 0.6) is 0 Å². The van der Waals surface area contributed by atoms with Gasteiger partial charge in [-0.2, -0.15) is 0 Å². The predicted molar refractivity (Wildman–Crippen MR) is 62.7 cm³/mol. The van der Waals surface area contributed by atoms with E-state index in [0.29, 0.717) is 24.4 Å². The van der Waals surface area contributed by atoms with Gasteiger partial charge in [0.15, 0.2) is 0 Å². The molecule has 0 atom stereocenters. The first-order valence-corrected chi connectivity index (χ1v) is 5.48. The molecule has 5 heteroatoms. The van der Waals surface area contributed by atoms with Crippen LogP contribution in [0, 0.1) is 13.8 Å². The topological polar surface area (TPSA) is 60.1 Å². The number of amides is 1. The summed E-state index contributed by atoms with van der Waals surface area (Å²) >= 11 is 0. The summed E-state index contributed by atoms with van der Waals surface area (Å²) in [6, 6.07) is 1.75. The molecule has 90 valence electrons. The Bertz CT molecular complexity index is 500. The molecule has 0 saturated heterocycles. The van der Waals surface area contributed by atoms with Gasteiger partial charge in [-0.3, -0.25) is 4.79 Å². The number of furan rings is 1. The molecule has 1 N–H and O–H groups in total. The van der Waals surface area contributed by atoms with Gasteiger partial charge < -0.3 is 14.3 Å². The van der Waals surface area contributed by atoms with Crippen molar-refractivity contribution in [1.29, 1.82) is 0 Å². The van der Waals surface area contributed by atoms with Gasteiger partial charge in [-0.1, -0.05) is 0 Å². The molecule has 0 spiro atoms. The van der Waals surface area contributed by atoms with E-state index in [0.717, 1.165) is 5.76 Å². The van der Waals surface area contributed by atoms with Crippen LogP contribution in [0.2, 0.25) is 0 Å². The van der Waals surface area contributed by atoms with Gasteiger partial charge in [0.05, 0.1) is 11.9 Å². The van der Waals surface area contributed by atoms with Crippen molar-refractivity contribution >= 4 is 5.91 Å².